The van der Waals surface area contributed by atoms with Crippen LogP contribution in [0.2, 0.25) is 10.0 Å². The van der Waals surface area contributed by atoms with Crippen molar-refractivity contribution in [2.75, 3.05) is 26.2 Å². The Morgan fingerprint density at radius 2 is 1.62 bits per heavy atom. The van der Waals surface area contributed by atoms with Crippen LogP contribution in [0, 0.1) is 11.6 Å². The molecule has 0 saturated carbocycles. The van der Waals surface area contributed by atoms with Gasteiger partial charge in [0.05, 0.1) is 22.3 Å². The number of hydrogen-bond acceptors (Lipinski definition) is 5. The maximum atomic E-state index is 15.1. The molecule has 1 saturated heterocycles. The summed E-state index contributed by atoms with van der Waals surface area (Å²) in [5.74, 6) is -3.16. The lowest BCUT2D eigenvalue weighted by atomic mass is 10.00. The maximum Gasteiger partial charge on any atom is 0.434 e. The third-order valence-corrected chi connectivity index (χ3v) is 7.97. The van der Waals surface area contributed by atoms with Crippen LogP contribution in [0.5, 0.6) is 0 Å². The molecule has 1 fully saturated rings. The fourth-order valence-electron chi connectivity index (χ4n) is 5.32. The summed E-state index contributed by atoms with van der Waals surface area (Å²) in [5.41, 5.74) is -2.69. The van der Waals surface area contributed by atoms with Gasteiger partial charge in [0.1, 0.15) is 28.6 Å². The van der Waals surface area contributed by atoms with Crippen molar-refractivity contribution in [3.8, 4) is 28.3 Å². The highest BCUT2D eigenvalue weighted by Crippen LogP contribution is 2.43. The second-order valence-electron chi connectivity index (χ2n) is 10.3. The van der Waals surface area contributed by atoms with Gasteiger partial charge in [-0.3, -0.25) is 9.69 Å². The van der Waals surface area contributed by atoms with E-state index in [4.69, 9.17) is 27.7 Å². The fourth-order valence-corrected chi connectivity index (χ4v) is 5.79. The summed E-state index contributed by atoms with van der Waals surface area (Å²) in [5, 5.41) is 8.12. The van der Waals surface area contributed by atoms with Gasteiger partial charge in [-0.2, -0.15) is 18.3 Å². The largest absolute Gasteiger partial charge is 0.434 e. The average molecular weight is 662 g/mol. The summed E-state index contributed by atoms with van der Waals surface area (Å²) < 4.78 is 79.3. The first kappa shape index (κ1) is 30.8. The number of alkyl halides is 3. The number of para-hydroxylation sites is 1. The first-order chi connectivity index (χ1) is 21.5. The minimum Gasteiger partial charge on any atom is -0.355 e. The van der Waals surface area contributed by atoms with E-state index < -0.39 is 52.0 Å². The molecule has 14 heteroatoms. The average Bonchev–Trinajstić information content (AvgIpc) is 3.63. The Balaban J connectivity index is 1.42. The fraction of sp³-hybridized carbons (Fsp3) is 0.194. The number of benzene rings is 3. The minimum absolute atomic E-state index is 0.131. The number of nitrogens with zero attached hydrogens (tertiary/aromatic N) is 5. The first-order valence-corrected chi connectivity index (χ1v) is 14.4. The summed E-state index contributed by atoms with van der Waals surface area (Å²) in [6.07, 6.45) is -4.27. The topological polar surface area (TPSA) is 67.4 Å². The molecule has 3 heterocycles. The van der Waals surface area contributed by atoms with Gasteiger partial charge < -0.3 is 9.42 Å². The lowest BCUT2D eigenvalue weighted by Gasteiger charge is -2.34. The van der Waals surface area contributed by atoms with Gasteiger partial charge in [-0.1, -0.05) is 58.7 Å². The van der Waals surface area contributed by atoms with E-state index in [1.54, 1.807) is 6.07 Å². The van der Waals surface area contributed by atoms with E-state index >= 15 is 4.39 Å². The van der Waals surface area contributed by atoms with E-state index in [0.717, 1.165) is 30.0 Å². The first-order valence-electron chi connectivity index (χ1n) is 13.6. The van der Waals surface area contributed by atoms with Crippen molar-refractivity contribution in [3.63, 3.8) is 0 Å². The maximum absolute atomic E-state index is 15.1. The predicted molar refractivity (Wildman–Crippen MR) is 157 cm³/mol. The van der Waals surface area contributed by atoms with Crippen LogP contribution in [0.3, 0.4) is 0 Å². The van der Waals surface area contributed by atoms with E-state index in [2.05, 4.69) is 15.2 Å². The molecule has 1 aliphatic heterocycles. The van der Waals surface area contributed by atoms with Gasteiger partial charge in [0, 0.05) is 37.7 Å². The van der Waals surface area contributed by atoms with Crippen LogP contribution < -0.4 is 0 Å². The molecule has 45 heavy (non-hydrogen) atoms. The monoisotopic (exact) mass is 661 g/mol. The third kappa shape index (κ3) is 6.05. The SMILES string of the molecule is O=C(c1c(-c2c(F)cccc2Cl)noc1-c1cnn(-c2ccccc2F)c1C(F)(F)F)N1CCN(Cc2cccc(Cl)c2)CC1. The number of carbonyl (C=O) groups excluding carboxylic acids is 1. The molecule has 1 amide bonds. The van der Waals surface area contributed by atoms with Gasteiger partial charge in [0.25, 0.3) is 5.91 Å². The zero-order valence-electron chi connectivity index (χ0n) is 23.2. The smallest absolute Gasteiger partial charge is 0.355 e. The van der Waals surface area contributed by atoms with Crippen molar-refractivity contribution in [2.24, 2.45) is 0 Å². The molecule has 0 unspecified atom stereocenters. The number of amides is 1. The molecule has 5 aromatic rings. The van der Waals surface area contributed by atoms with Gasteiger partial charge in [0.2, 0.25) is 0 Å². The lowest BCUT2D eigenvalue weighted by Crippen LogP contribution is -2.48. The van der Waals surface area contributed by atoms with Crippen molar-refractivity contribution in [3.05, 3.63) is 111 Å². The number of halogens is 7. The number of hydrogen-bond donors (Lipinski definition) is 0. The molecule has 0 spiro atoms. The highest BCUT2D eigenvalue weighted by atomic mass is 35.5. The molecule has 1 aliphatic rings. The van der Waals surface area contributed by atoms with Crippen molar-refractivity contribution in [1.29, 1.82) is 0 Å². The van der Waals surface area contributed by atoms with Gasteiger partial charge in [-0.15, -0.1) is 0 Å². The molecule has 232 valence electrons. The van der Waals surface area contributed by atoms with Gasteiger partial charge in [-0.05, 0) is 42.0 Å². The van der Waals surface area contributed by atoms with E-state index in [1.165, 1.54) is 29.2 Å². The van der Waals surface area contributed by atoms with Crippen molar-refractivity contribution in [1.82, 2.24) is 24.7 Å². The molecule has 3 aromatic carbocycles. The highest BCUT2D eigenvalue weighted by Gasteiger charge is 2.43. The predicted octanol–water partition coefficient (Wildman–Crippen LogP) is 7.76. The van der Waals surface area contributed by atoms with E-state index in [1.807, 2.05) is 18.2 Å². The Bertz CT molecular complexity index is 1860. The molecule has 0 N–H and O–H groups in total. The quantitative estimate of drug-likeness (QED) is 0.174. The second kappa shape index (κ2) is 12.3. The Kier molecular flexibility index (Phi) is 8.38. The van der Waals surface area contributed by atoms with Gasteiger partial charge in [0.15, 0.2) is 11.5 Å². The standard InChI is InChI=1S/C31H22Cl2F5N5O2/c32-19-6-3-5-18(15-19)17-41-11-13-42(14-12-41)30(44)26-27(25-21(33)7-4-9-23(25)35)40-45-28(26)20-16-39-43(29(20)31(36,37)38)24-10-2-1-8-22(24)34/h1-10,15-16H,11-14,17H2. The molecule has 6 rings (SSSR count). The van der Waals surface area contributed by atoms with E-state index in [0.29, 0.717) is 29.3 Å². The normalized spacial score (nSPS) is 14.2. The zero-order valence-corrected chi connectivity index (χ0v) is 24.7. The van der Waals surface area contributed by atoms with Crippen LogP contribution in [0.4, 0.5) is 22.0 Å². The molecule has 0 bridgehead atoms. The molecule has 0 aliphatic carbocycles. The van der Waals surface area contributed by atoms with Crippen molar-refractivity contribution >= 4 is 29.1 Å². The Morgan fingerprint density at radius 3 is 2.31 bits per heavy atom. The number of carbonyl (C=O) groups is 1. The van der Waals surface area contributed by atoms with Gasteiger partial charge in [-0.25, -0.2) is 13.5 Å². The van der Waals surface area contributed by atoms with Crippen LogP contribution in [0.25, 0.3) is 28.3 Å². The second-order valence-corrected chi connectivity index (χ2v) is 11.1. The van der Waals surface area contributed by atoms with E-state index in [9.17, 15) is 22.4 Å². The van der Waals surface area contributed by atoms with Crippen LogP contribution >= 0.6 is 23.2 Å². The molecule has 0 atom stereocenters. The Hall–Kier alpha value is -4.26. The van der Waals surface area contributed by atoms with Crippen molar-refractivity contribution in [2.45, 2.75) is 12.7 Å². The minimum atomic E-state index is -5.08. The van der Waals surface area contributed by atoms with Crippen LogP contribution in [0.1, 0.15) is 21.6 Å². The lowest BCUT2D eigenvalue weighted by molar-refractivity contribution is -0.142. The van der Waals surface area contributed by atoms with Crippen LogP contribution in [-0.4, -0.2) is 56.8 Å². The van der Waals surface area contributed by atoms with E-state index in [-0.39, 0.29) is 29.4 Å². The Morgan fingerprint density at radius 1 is 0.911 bits per heavy atom. The summed E-state index contributed by atoms with van der Waals surface area (Å²) in [4.78, 5) is 17.7. The number of aromatic nitrogens is 3. The number of piperazine rings is 1. The molecule has 2 aromatic heterocycles. The van der Waals surface area contributed by atoms with Crippen molar-refractivity contribution < 1.29 is 31.3 Å². The molecular formula is C31H22Cl2F5N5O2. The molecule has 7 nitrogen and oxygen atoms in total. The number of rotatable bonds is 6. The summed E-state index contributed by atoms with van der Waals surface area (Å²) in [6, 6.07) is 15.9. The van der Waals surface area contributed by atoms with Gasteiger partial charge >= 0.3 is 6.18 Å². The Labute approximate surface area is 263 Å². The van der Waals surface area contributed by atoms with Crippen LogP contribution in [0.15, 0.2) is 77.4 Å². The summed E-state index contributed by atoms with van der Waals surface area (Å²) >= 11 is 12.4. The third-order valence-electron chi connectivity index (χ3n) is 7.42. The molecule has 0 radical (unpaired) electrons. The summed E-state index contributed by atoms with van der Waals surface area (Å²) in [6.45, 7) is 1.85. The zero-order chi connectivity index (χ0) is 31.9. The highest BCUT2D eigenvalue weighted by molar-refractivity contribution is 6.33. The summed E-state index contributed by atoms with van der Waals surface area (Å²) in [7, 11) is 0. The molecular weight excluding hydrogens is 640 g/mol. The van der Waals surface area contributed by atoms with Crippen LogP contribution in [-0.2, 0) is 12.7 Å².